The molecule has 0 saturated carbocycles. The molecule has 29 heavy (non-hydrogen) atoms. The van der Waals surface area contributed by atoms with E-state index in [2.05, 4.69) is 34.3 Å². The third kappa shape index (κ3) is 2.93. The molecule has 2 aliphatic heterocycles. The number of aromatic amines is 1. The van der Waals surface area contributed by atoms with Crippen LogP contribution in [0.15, 0.2) is 35.2 Å². The number of benzene rings is 2. The monoisotopic (exact) mass is 408 g/mol. The maximum absolute atomic E-state index is 12.6. The van der Waals surface area contributed by atoms with Crippen LogP contribution in [-0.4, -0.2) is 35.3 Å². The van der Waals surface area contributed by atoms with E-state index in [1.54, 1.807) is 11.8 Å². The molecule has 3 heterocycles. The predicted octanol–water partition coefficient (Wildman–Crippen LogP) is 4.82. The van der Waals surface area contributed by atoms with Crippen molar-refractivity contribution < 1.29 is 14.3 Å². The summed E-state index contributed by atoms with van der Waals surface area (Å²) < 4.78 is 11.8. The molecule has 1 atom stereocenters. The number of H-pyrrole nitrogens is 1. The molecule has 3 aromatic rings. The number of thioether (sulfide) groups is 1. The van der Waals surface area contributed by atoms with Crippen LogP contribution in [0.4, 0.5) is 0 Å². The molecule has 2 aliphatic rings. The van der Waals surface area contributed by atoms with Crippen LogP contribution in [0.2, 0.25) is 0 Å². The summed E-state index contributed by atoms with van der Waals surface area (Å²) in [4.78, 5) is 19.6. The van der Waals surface area contributed by atoms with E-state index in [0.717, 1.165) is 47.4 Å². The second kappa shape index (κ2) is 7.11. The number of esters is 1. The topological polar surface area (TPSA) is 54.6 Å². The van der Waals surface area contributed by atoms with Crippen molar-refractivity contribution in [3.05, 3.63) is 58.3 Å². The van der Waals surface area contributed by atoms with Crippen LogP contribution < -0.4 is 4.74 Å². The molecule has 1 unspecified atom stereocenters. The lowest BCUT2D eigenvalue weighted by Gasteiger charge is -2.41. The first-order valence-corrected chi connectivity index (χ1v) is 11.2. The van der Waals surface area contributed by atoms with Crippen LogP contribution in [0.25, 0.3) is 10.9 Å². The van der Waals surface area contributed by atoms with Gasteiger partial charge in [-0.2, -0.15) is 0 Å². The van der Waals surface area contributed by atoms with Crippen molar-refractivity contribution in [2.24, 2.45) is 0 Å². The molecule has 150 valence electrons. The Kier molecular flexibility index (Phi) is 4.56. The summed E-state index contributed by atoms with van der Waals surface area (Å²) in [5, 5.41) is 0.931. The second-order valence-corrected chi connectivity index (χ2v) is 8.45. The van der Waals surface area contributed by atoms with Crippen LogP contribution in [0.1, 0.15) is 45.9 Å². The third-order valence-corrected chi connectivity index (χ3v) is 6.64. The van der Waals surface area contributed by atoms with Gasteiger partial charge in [0.1, 0.15) is 5.75 Å². The quantitative estimate of drug-likeness (QED) is 0.497. The number of carbonyl (C=O) groups excluding carboxylic acids is 1. The fourth-order valence-electron chi connectivity index (χ4n) is 4.56. The van der Waals surface area contributed by atoms with Gasteiger partial charge in [0.05, 0.1) is 12.2 Å². The van der Waals surface area contributed by atoms with Gasteiger partial charge < -0.3 is 14.5 Å². The smallest absolute Gasteiger partial charge is 0.340 e. The Morgan fingerprint density at radius 2 is 2.21 bits per heavy atom. The average molecular weight is 409 g/mol. The molecule has 0 spiro atoms. The minimum absolute atomic E-state index is 0.0781. The zero-order valence-corrected chi connectivity index (χ0v) is 17.7. The minimum atomic E-state index is -0.277. The minimum Gasteiger partial charge on any atom is -0.471 e. The molecule has 5 rings (SSSR count). The van der Waals surface area contributed by atoms with E-state index < -0.39 is 0 Å². The van der Waals surface area contributed by atoms with Crippen molar-refractivity contribution in [3.63, 3.8) is 0 Å². The van der Waals surface area contributed by atoms with Crippen LogP contribution in [0.3, 0.4) is 0 Å². The molecule has 5 nitrogen and oxygen atoms in total. The summed E-state index contributed by atoms with van der Waals surface area (Å²) in [6, 6.07) is 10.7. The van der Waals surface area contributed by atoms with Crippen LogP contribution in [-0.2, 0) is 17.7 Å². The summed E-state index contributed by atoms with van der Waals surface area (Å²) in [7, 11) is 0. The number of aromatic nitrogens is 1. The molecular formula is C23H24N2O3S. The highest BCUT2D eigenvalue weighted by Crippen LogP contribution is 2.43. The van der Waals surface area contributed by atoms with Crippen molar-refractivity contribution in [3.8, 4) is 5.75 Å². The number of carbonyl (C=O) groups is 1. The van der Waals surface area contributed by atoms with E-state index in [1.165, 1.54) is 16.0 Å². The number of ether oxygens (including phenoxy) is 2. The number of nitrogens with one attached hydrogen (secondary N) is 1. The van der Waals surface area contributed by atoms with E-state index in [1.807, 2.05) is 26.0 Å². The van der Waals surface area contributed by atoms with Crippen molar-refractivity contribution in [1.82, 2.24) is 9.88 Å². The van der Waals surface area contributed by atoms with Gasteiger partial charge >= 0.3 is 5.97 Å². The Balaban J connectivity index is 1.60. The summed E-state index contributed by atoms with van der Waals surface area (Å²) >= 11 is 1.77. The number of hydrogen-bond donors (Lipinski definition) is 1. The lowest BCUT2D eigenvalue weighted by atomic mass is 9.95. The summed E-state index contributed by atoms with van der Waals surface area (Å²) in [5.41, 5.74) is 6.09. The van der Waals surface area contributed by atoms with Crippen LogP contribution in [0.5, 0.6) is 5.75 Å². The largest absolute Gasteiger partial charge is 0.471 e. The van der Waals surface area contributed by atoms with Gasteiger partial charge in [0.25, 0.3) is 0 Å². The lowest BCUT2D eigenvalue weighted by Crippen LogP contribution is -2.41. The molecule has 1 N–H and O–H groups in total. The van der Waals surface area contributed by atoms with Gasteiger partial charge in [-0.05, 0) is 56.4 Å². The first kappa shape index (κ1) is 18.6. The number of rotatable bonds is 3. The average Bonchev–Trinajstić information content (AvgIpc) is 3.08. The molecule has 1 aromatic heterocycles. The van der Waals surface area contributed by atoms with Crippen molar-refractivity contribution in [2.75, 3.05) is 19.4 Å². The van der Waals surface area contributed by atoms with Crippen molar-refractivity contribution >= 4 is 28.6 Å². The van der Waals surface area contributed by atoms with E-state index in [9.17, 15) is 4.79 Å². The van der Waals surface area contributed by atoms with Gasteiger partial charge in [-0.3, -0.25) is 4.90 Å². The molecule has 0 amide bonds. The highest BCUT2D eigenvalue weighted by Gasteiger charge is 2.35. The van der Waals surface area contributed by atoms with Crippen molar-refractivity contribution in [1.29, 1.82) is 0 Å². The molecule has 0 saturated heterocycles. The summed E-state index contributed by atoms with van der Waals surface area (Å²) in [6.07, 6.45) is 3.03. The lowest BCUT2D eigenvalue weighted by molar-refractivity contribution is -0.00962. The summed E-state index contributed by atoms with van der Waals surface area (Å²) in [6.45, 7) is 5.80. The normalized spacial score (nSPS) is 18.0. The highest BCUT2D eigenvalue weighted by molar-refractivity contribution is 7.98. The Bertz CT molecular complexity index is 1120. The molecule has 0 fully saturated rings. The number of hydrogen-bond acceptors (Lipinski definition) is 5. The maximum Gasteiger partial charge on any atom is 0.340 e. The number of aryl methyl sites for hydroxylation is 1. The van der Waals surface area contributed by atoms with Gasteiger partial charge in [-0.15, -0.1) is 11.8 Å². The maximum atomic E-state index is 12.6. The second-order valence-electron chi connectivity index (χ2n) is 7.57. The van der Waals surface area contributed by atoms with Gasteiger partial charge in [0, 0.05) is 45.7 Å². The number of nitrogens with zero attached hydrogens (tertiary/aromatic N) is 1. The Morgan fingerprint density at radius 3 is 3.00 bits per heavy atom. The first-order chi connectivity index (χ1) is 14.1. The fraction of sp³-hybridized carbons (Fsp3) is 0.348. The zero-order valence-electron chi connectivity index (χ0n) is 16.9. The molecule has 0 aliphatic carbocycles. The molecule has 0 bridgehead atoms. The molecule has 2 aromatic carbocycles. The first-order valence-electron chi connectivity index (χ1n) is 9.99. The summed E-state index contributed by atoms with van der Waals surface area (Å²) in [5.74, 6) is 0.574. The van der Waals surface area contributed by atoms with Gasteiger partial charge in [0.2, 0.25) is 0 Å². The van der Waals surface area contributed by atoms with E-state index in [-0.39, 0.29) is 12.2 Å². The number of fused-ring (bicyclic) bond motifs is 6. The molecule has 0 radical (unpaired) electrons. The molecule has 6 heteroatoms. The fourth-order valence-corrected chi connectivity index (χ4v) is 5.03. The highest BCUT2D eigenvalue weighted by atomic mass is 32.2. The Morgan fingerprint density at radius 1 is 1.34 bits per heavy atom. The van der Waals surface area contributed by atoms with Crippen LogP contribution in [0, 0.1) is 6.92 Å². The SMILES string of the molecule is CCOC(=O)c1c(C)[nH]c2ccc3c(c12)CN1CCc2cc(SC)ccc2C1O3. The Hall–Kier alpha value is -2.44. The predicted molar refractivity (Wildman–Crippen MR) is 115 cm³/mol. The van der Waals surface area contributed by atoms with E-state index in [4.69, 9.17) is 9.47 Å². The van der Waals surface area contributed by atoms with Gasteiger partial charge in [0.15, 0.2) is 6.23 Å². The zero-order chi connectivity index (χ0) is 20.1. The molecular weight excluding hydrogens is 384 g/mol. The van der Waals surface area contributed by atoms with Gasteiger partial charge in [-0.1, -0.05) is 6.07 Å². The van der Waals surface area contributed by atoms with Gasteiger partial charge in [-0.25, -0.2) is 4.79 Å². The van der Waals surface area contributed by atoms with Crippen molar-refractivity contribution in [2.45, 2.75) is 37.9 Å². The third-order valence-electron chi connectivity index (χ3n) is 5.91. The standard InChI is InChI=1S/C23H24N2O3S/c1-4-27-23(26)20-13(2)24-18-7-8-19-17(21(18)20)12-25-10-9-14-11-15(29-3)5-6-16(14)22(25)28-19/h5-8,11,22,24H,4,9-10,12H2,1-3H3. The van der Waals surface area contributed by atoms with E-state index in [0.29, 0.717) is 12.2 Å². The van der Waals surface area contributed by atoms with E-state index >= 15 is 0 Å². The van der Waals surface area contributed by atoms with Crippen LogP contribution >= 0.6 is 11.8 Å². The Labute approximate surface area is 174 Å².